The van der Waals surface area contributed by atoms with E-state index in [2.05, 4.69) is 5.32 Å². The molecule has 0 atom stereocenters. The van der Waals surface area contributed by atoms with E-state index in [0.29, 0.717) is 30.1 Å². The van der Waals surface area contributed by atoms with E-state index >= 15 is 0 Å². The van der Waals surface area contributed by atoms with Gasteiger partial charge in [0.1, 0.15) is 49.9 Å². The van der Waals surface area contributed by atoms with Crippen molar-refractivity contribution in [3.8, 4) is 0 Å². The van der Waals surface area contributed by atoms with E-state index in [1.165, 1.54) is 29.0 Å². The van der Waals surface area contributed by atoms with Crippen molar-refractivity contribution < 1.29 is 32.9 Å². The van der Waals surface area contributed by atoms with Crippen molar-refractivity contribution in [3.05, 3.63) is 53.2 Å². The zero-order chi connectivity index (χ0) is 20.1. The fraction of sp³-hybridized carbons (Fsp3) is 0.400. The lowest BCUT2D eigenvalue weighted by Gasteiger charge is -2.28. The molecule has 0 aliphatic carbocycles. The number of hydrogen-bond donors (Lipinski definition) is 3. The summed E-state index contributed by atoms with van der Waals surface area (Å²) in [6, 6.07) is 7.65. The van der Waals surface area contributed by atoms with Crippen LogP contribution in [-0.4, -0.2) is 51.7 Å². The lowest BCUT2D eigenvalue weighted by molar-refractivity contribution is -1.02. The van der Waals surface area contributed by atoms with Crippen molar-refractivity contribution in [1.82, 2.24) is 0 Å². The number of anilines is 1. The average Bonchev–Trinajstić information content (AvgIpc) is 3.03. The maximum atomic E-state index is 13.2. The topological polar surface area (TPSA) is 77.4 Å². The molecule has 2 heterocycles. The molecule has 1 saturated heterocycles. The van der Waals surface area contributed by atoms with Gasteiger partial charge in [-0.25, -0.2) is 9.18 Å². The molecule has 8 heteroatoms. The molecular formula is C20H26FN3O4+2. The number of amides is 1. The summed E-state index contributed by atoms with van der Waals surface area (Å²) in [7, 11) is 1.35. The molecule has 0 bridgehead atoms. The molecule has 7 nitrogen and oxygen atoms in total. The van der Waals surface area contributed by atoms with Crippen LogP contribution in [0.5, 0.6) is 0 Å². The highest BCUT2D eigenvalue weighted by Gasteiger charge is 2.26. The summed E-state index contributed by atoms with van der Waals surface area (Å²) in [6.07, 6.45) is 0. The molecule has 1 aromatic heterocycles. The van der Waals surface area contributed by atoms with Gasteiger partial charge in [0, 0.05) is 11.8 Å². The number of piperazine rings is 1. The molecule has 3 N–H and O–H groups in total. The second-order valence-corrected chi connectivity index (χ2v) is 7.09. The molecule has 2 aromatic rings. The quantitative estimate of drug-likeness (QED) is 0.577. The van der Waals surface area contributed by atoms with Gasteiger partial charge in [0.05, 0.1) is 7.11 Å². The molecule has 0 spiro atoms. The lowest BCUT2D eigenvalue weighted by atomic mass is 10.2. The van der Waals surface area contributed by atoms with Crippen LogP contribution in [-0.2, 0) is 16.1 Å². The van der Waals surface area contributed by atoms with E-state index in [1.54, 1.807) is 25.1 Å². The van der Waals surface area contributed by atoms with Gasteiger partial charge < -0.3 is 24.3 Å². The van der Waals surface area contributed by atoms with Gasteiger partial charge in [0.25, 0.3) is 5.91 Å². The number of esters is 1. The summed E-state index contributed by atoms with van der Waals surface area (Å²) in [5.74, 6) is 0.458. The van der Waals surface area contributed by atoms with E-state index in [0.717, 1.165) is 31.9 Å². The number of hydrogen-bond acceptors (Lipinski definition) is 4. The number of furan rings is 1. The Morgan fingerprint density at radius 3 is 2.57 bits per heavy atom. The SMILES string of the molecule is COC(=O)c1cc(C[NH+]2CC[NH+](CC(=O)Nc3cccc(F)c3)CC2)oc1C. The second kappa shape index (κ2) is 8.99. The normalized spacial score (nSPS) is 19.2. The van der Waals surface area contributed by atoms with Crippen LogP contribution in [0.4, 0.5) is 10.1 Å². The summed E-state index contributed by atoms with van der Waals surface area (Å²) in [5.41, 5.74) is 0.943. The molecule has 1 fully saturated rings. The van der Waals surface area contributed by atoms with E-state index in [4.69, 9.17) is 9.15 Å². The number of aryl methyl sites for hydroxylation is 1. The number of halogens is 1. The minimum absolute atomic E-state index is 0.117. The van der Waals surface area contributed by atoms with Crippen LogP contribution in [0.1, 0.15) is 21.9 Å². The molecule has 28 heavy (non-hydrogen) atoms. The van der Waals surface area contributed by atoms with Gasteiger partial charge in [-0.15, -0.1) is 0 Å². The van der Waals surface area contributed by atoms with Crippen molar-refractivity contribution in [3.63, 3.8) is 0 Å². The van der Waals surface area contributed by atoms with Gasteiger partial charge in [-0.2, -0.15) is 0 Å². The minimum Gasteiger partial charge on any atom is -0.465 e. The Hall–Kier alpha value is -2.71. The molecule has 1 aliphatic heterocycles. The largest absolute Gasteiger partial charge is 0.465 e. The summed E-state index contributed by atoms with van der Waals surface area (Å²) in [5, 5.41) is 2.74. The van der Waals surface area contributed by atoms with Crippen LogP contribution in [0, 0.1) is 12.7 Å². The van der Waals surface area contributed by atoms with Gasteiger partial charge in [-0.3, -0.25) is 4.79 Å². The van der Waals surface area contributed by atoms with Gasteiger partial charge >= 0.3 is 5.97 Å². The predicted octanol–water partition coefficient (Wildman–Crippen LogP) is -0.564. The lowest BCUT2D eigenvalue weighted by Crippen LogP contribution is -3.28. The van der Waals surface area contributed by atoms with Crippen LogP contribution < -0.4 is 15.1 Å². The minimum atomic E-state index is -0.388. The Morgan fingerprint density at radius 1 is 1.18 bits per heavy atom. The van der Waals surface area contributed by atoms with E-state index < -0.39 is 0 Å². The number of methoxy groups -OCH3 is 1. The molecule has 1 aliphatic rings. The number of nitrogens with one attached hydrogen (secondary N) is 3. The Bertz CT molecular complexity index is 844. The molecule has 0 radical (unpaired) electrons. The van der Waals surface area contributed by atoms with Crippen LogP contribution >= 0.6 is 0 Å². The van der Waals surface area contributed by atoms with Gasteiger partial charge in [0.2, 0.25) is 0 Å². The maximum Gasteiger partial charge on any atom is 0.341 e. The Balaban J connectivity index is 1.45. The summed E-state index contributed by atoms with van der Waals surface area (Å²) < 4.78 is 23.6. The zero-order valence-electron chi connectivity index (χ0n) is 16.1. The summed E-state index contributed by atoms with van der Waals surface area (Å²) >= 11 is 0. The Kier molecular flexibility index (Phi) is 6.43. The van der Waals surface area contributed by atoms with Gasteiger partial charge in [0.15, 0.2) is 12.3 Å². The Labute approximate surface area is 163 Å². The molecule has 1 amide bonds. The fourth-order valence-electron chi connectivity index (χ4n) is 3.50. The monoisotopic (exact) mass is 391 g/mol. The highest BCUT2D eigenvalue weighted by molar-refractivity contribution is 5.91. The molecule has 0 unspecified atom stereocenters. The first-order chi connectivity index (χ1) is 13.4. The summed E-state index contributed by atoms with van der Waals surface area (Å²) in [4.78, 5) is 26.4. The maximum absolute atomic E-state index is 13.2. The highest BCUT2D eigenvalue weighted by Crippen LogP contribution is 2.14. The van der Waals surface area contributed by atoms with E-state index in [9.17, 15) is 14.0 Å². The third-order valence-electron chi connectivity index (χ3n) is 4.98. The molecular weight excluding hydrogens is 365 g/mol. The number of carbonyl (C=O) groups is 2. The third kappa shape index (κ3) is 5.17. The van der Waals surface area contributed by atoms with Crippen LogP contribution in [0.3, 0.4) is 0 Å². The fourth-order valence-corrected chi connectivity index (χ4v) is 3.50. The Morgan fingerprint density at radius 2 is 1.89 bits per heavy atom. The van der Waals surface area contributed by atoms with Gasteiger partial charge in [-0.05, 0) is 25.1 Å². The number of ether oxygens (including phenoxy) is 1. The van der Waals surface area contributed by atoms with Crippen molar-refractivity contribution >= 4 is 17.6 Å². The van der Waals surface area contributed by atoms with Crippen molar-refractivity contribution in [2.75, 3.05) is 45.2 Å². The number of carbonyl (C=O) groups excluding carboxylic acids is 2. The first kappa shape index (κ1) is 20.0. The molecule has 150 valence electrons. The first-order valence-electron chi connectivity index (χ1n) is 9.34. The first-order valence-corrected chi connectivity index (χ1v) is 9.34. The van der Waals surface area contributed by atoms with Crippen LogP contribution in [0.25, 0.3) is 0 Å². The molecule has 3 rings (SSSR count). The third-order valence-corrected chi connectivity index (χ3v) is 4.98. The van der Waals surface area contributed by atoms with Crippen molar-refractivity contribution in [2.45, 2.75) is 13.5 Å². The van der Waals surface area contributed by atoms with E-state index in [1.807, 2.05) is 0 Å². The number of quaternary nitrogens is 2. The van der Waals surface area contributed by atoms with Crippen LogP contribution in [0.2, 0.25) is 0 Å². The second-order valence-electron chi connectivity index (χ2n) is 7.09. The average molecular weight is 391 g/mol. The predicted molar refractivity (Wildman–Crippen MR) is 99.8 cm³/mol. The smallest absolute Gasteiger partial charge is 0.341 e. The summed E-state index contributed by atoms with van der Waals surface area (Å²) in [6.45, 7) is 6.32. The highest BCUT2D eigenvalue weighted by atomic mass is 19.1. The van der Waals surface area contributed by atoms with Gasteiger partial charge in [-0.1, -0.05) is 6.07 Å². The molecule has 0 saturated carbocycles. The zero-order valence-corrected chi connectivity index (χ0v) is 16.1. The van der Waals surface area contributed by atoms with Crippen molar-refractivity contribution in [2.24, 2.45) is 0 Å². The number of benzene rings is 1. The molecule has 1 aromatic carbocycles. The van der Waals surface area contributed by atoms with E-state index in [-0.39, 0.29) is 17.7 Å². The van der Waals surface area contributed by atoms with Crippen LogP contribution in [0.15, 0.2) is 34.7 Å². The van der Waals surface area contributed by atoms with Crippen molar-refractivity contribution in [1.29, 1.82) is 0 Å². The standard InChI is InChI=1S/C20H24FN3O4/c1-14-18(20(26)27-2)11-17(28-14)12-23-6-8-24(9-7-23)13-19(25)22-16-5-3-4-15(21)10-16/h3-5,10-11H,6-9,12-13H2,1-2H3,(H,22,25)/p+2. The number of rotatable bonds is 6.